The monoisotopic (exact) mass is 444 g/mol. The van der Waals surface area contributed by atoms with Crippen molar-refractivity contribution >= 4 is 10.9 Å². The fraction of sp³-hybridized carbons (Fsp3) is 0.333. The minimum absolute atomic E-state index is 0.101. The summed E-state index contributed by atoms with van der Waals surface area (Å²) in [4.78, 5) is 3.55. The van der Waals surface area contributed by atoms with Gasteiger partial charge in [0.15, 0.2) is 0 Å². The number of H-pyrrole nitrogens is 1. The molecule has 0 spiro atoms. The third-order valence-corrected chi connectivity index (χ3v) is 5.88. The number of aromatic amines is 1. The predicted octanol–water partition coefficient (Wildman–Crippen LogP) is 2.78. The van der Waals surface area contributed by atoms with Gasteiger partial charge in [0.1, 0.15) is 23.5 Å². The number of hydrogen-bond donors (Lipinski definition) is 2. The maximum absolute atomic E-state index is 13.4. The molecule has 0 bridgehead atoms. The Morgan fingerprint density at radius 1 is 1.25 bits per heavy atom. The summed E-state index contributed by atoms with van der Waals surface area (Å²) >= 11 is 0. The van der Waals surface area contributed by atoms with E-state index in [-0.39, 0.29) is 22.0 Å². The first-order chi connectivity index (χ1) is 15.3. The van der Waals surface area contributed by atoms with Crippen molar-refractivity contribution in [3.05, 3.63) is 59.4 Å². The third-order valence-electron chi connectivity index (χ3n) is 5.88. The number of nitrogens with zero attached hydrogens (tertiary/aromatic N) is 5. The largest absolute Gasteiger partial charge is 0.433 e. The van der Waals surface area contributed by atoms with Gasteiger partial charge in [-0.1, -0.05) is 18.2 Å². The van der Waals surface area contributed by atoms with Gasteiger partial charge in [0.2, 0.25) is 0 Å². The molecule has 0 saturated carbocycles. The molecule has 2 N–H and O–H groups in total. The molecule has 11 heteroatoms. The molecule has 4 aromatic rings. The van der Waals surface area contributed by atoms with E-state index in [2.05, 4.69) is 25.4 Å². The molecule has 1 aliphatic heterocycles. The Hall–Kier alpha value is -3.31. The molecule has 8 nitrogen and oxygen atoms in total. The zero-order valence-electron chi connectivity index (χ0n) is 17.0. The van der Waals surface area contributed by atoms with Crippen LogP contribution in [0.3, 0.4) is 0 Å². The Balaban J connectivity index is 1.60. The van der Waals surface area contributed by atoms with Crippen molar-refractivity contribution < 1.29 is 23.0 Å². The number of alkyl halides is 3. The number of hydrogen-bond acceptors (Lipinski definition) is 6. The number of ether oxygens (including phenoxy) is 1. The molecule has 5 rings (SSSR count). The van der Waals surface area contributed by atoms with Crippen molar-refractivity contribution in [1.29, 1.82) is 0 Å². The second kappa shape index (κ2) is 7.38. The zero-order valence-corrected chi connectivity index (χ0v) is 17.0. The molecule has 0 unspecified atom stereocenters. The fourth-order valence-corrected chi connectivity index (χ4v) is 4.05. The molecule has 0 aliphatic carbocycles. The lowest BCUT2D eigenvalue weighted by Gasteiger charge is -2.41. The van der Waals surface area contributed by atoms with E-state index in [4.69, 9.17) is 4.74 Å². The van der Waals surface area contributed by atoms with Crippen molar-refractivity contribution in [2.45, 2.75) is 24.6 Å². The normalized spacial score (nSPS) is 15.8. The van der Waals surface area contributed by atoms with Crippen LogP contribution < -0.4 is 0 Å². The highest BCUT2D eigenvalue weighted by atomic mass is 19.4. The number of aromatic nitrogens is 6. The number of fused-ring (bicyclic) bond motifs is 1. The van der Waals surface area contributed by atoms with Gasteiger partial charge in [0.05, 0.1) is 31.0 Å². The van der Waals surface area contributed by atoms with E-state index in [1.807, 2.05) is 29.8 Å². The summed E-state index contributed by atoms with van der Waals surface area (Å²) in [6, 6.07) is 8.49. The number of aryl methyl sites for hydroxylation is 1. The molecule has 1 saturated heterocycles. The summed E-state index contributed by atoms with van der Waals surface area (Å²) in [6.07, 6.45) is -2.39. The molecule has 0 radical (unpaired) electrons. The van der Waals surface area contributed by atoms with Gasteiger partial charge in [0.25, 0.3) is 0 Å². The van der Waals surface area contributed by atoms with Crippen molar-refractivity contribution in [2.75, 3.05) is 13.2 Å². The molecule has 4 heterocycles. The van der Waals surface area contributed by atoms with E-state index in [1.165, 1.54) is 0 Å². The number of nitrogens with one attached hydrogen (secondary N) is 1. The number of rotatable bonds is 5. The molecule has 1 fully saturated rings. The van der Waals surface area contributed by atoms with E-state index in [9.17, 15) is 18.3 Å². The van der Waals surface area contributed by atoms with Gasteiger partial charge in [-0.05, 0) is 17.7 Å². The van der Waals surface area contributed by atoms with Crippen LogP contribution in [0, 0.1) is 0 Å². The van der Waals surface area contributed by atoms with E-state index >= 15 is 0 Å². The summed E-state index contributed by atoms with van der Waals surface area (Å²) < 4.78 is 47.5. The Morgan fingerprint density at radius 3 is 2.69 bits per heavy atom. The van der Waals surface area contributed by atoms with Crippen LogP contribution in [0.2, 0.25) is 0 Å². The van der Waals surface area contributed by atoms with Crippen LogP contribution >= 0.6 is 0 Å². The SMILES string of the molecule is Cn1cnnc1CC1(c2cccc(-c3n[nH]c4c(CO)nc(C(F)(F)F)cc34)c2)COC1. The number of halogens is 3. The van der Waals surface area contributed by atoms with Crippen LogP contribution in [0.15, 0.2) is 36.7 Å². The summed E-state index contributed by atoms with van der Waals surface area (Å²) in [5, 5.41) is 24.9. The number of aliphatic hydroxyl groups excluding tert-OH is 1. The second-order valence-electron chi connectivity index (χ2n) is 7.99. The van der Waals surface area contributed by atoms with Crippen molar-refractivity contribution in [3.63, 3.8) is 0 Å². The predicted molar refractivity (Wildman–Crippen MR) is 107 cm³/mol. The fourth-order valence-electron chi connectivity index (χ4n) is 4.05. The van der Waals surface area contributed by atoms with Gasteiger partial charge < -0.3 is 14.4 Å². The molecule has 0 amide bonds. The maximum Gasteiger partial charge on any atom is 0.433 e. The van der Waals surface area contributed by atoms with Gasteiger partial charge in [0, 0.05) is 29.8 Å². The third kappa shape index (κ3) is 3.33. The van der Waals surface area contributed by atoms with Crippen molar-refractivity contribution in [1.82, 2.24) is 29.9 Å². The molecule has 1 aliphatic rings. The van der Waals surface area contributed by atoms with Crippen LogP contribution in [0.5, 0.6) is 0 Å². The second-order valence-corrected chi connectivity index (χ2v) is 7.99. The zero-order chi connectivity index (χ0) is 22.5. The quantitative estimate of drug-likeness (QED) is 0.491. The van der Waals surface area contributed by atoms with Crippen molar-refractivity contribution in [3.8, 4) is 11.3 Å². The highest BCUT2D eigenvalue weighted by Gasteiger charge is 2.42. The lowest BCUT2D eigenvalue weighted by atomic mass is 9.75. The van der Waals surface area contributed by atoms with Gasteiger partial charge in [-0.25, -0.2) is 4.98 Å². The van der Waals surface area contributed by atoms with Gasteiger partial charge >= 0.3 is 6.18 Å². The molecular weight excluding hydrogens is 425 g/mol. The number of benzene rings is 1. The number of aliphatic hydroxyl groups is 1. The highest BCUT2D eigenvalue weighted by Crippen LogP contribution is 2.39. The Bertz CT molecular complexity index is 1290. The Morgan fingerprint density at radius 2 is 2.06 bits per heavy atom. The Labute approximate surface area is 180 Å². The molecule has 0 atom stereocenters. The average molecular weight is 444 g/mol. The summed E-state index contributed by atoms with van der Waals surface area (Å²) in [6.45, 7) is 0.364. The lowest BCUT2D eigenvalue weighted by Crippen LogP contribution is -2.49. The summed E-state index contributed by atoms with van der Waals surface area (Å²) in [7, 11) is 1.87. The van der Waals surface area contributed by atoms with E-state index in [1.54, 1.807) is 12.4 Å². The minimum Gasteiger partial charge on any atom is -0.390 e. The van der Waals surface area contributed by atoms with Crippen LogP contribution in [0.25, 0.3) is 22.2 Å². The van der Waals surface area contributed by atoms with Crippen LogP contribution in [0.1, 0.15) is 22.8 Å². The van der Waals surface area contributed by atoms with E-state index in [0.29, 0.717) is 30.9 Å². The van der Waals surface area contributed by atoms with Crippen LogP contribution in [-0.4, -0.2) is 48.3 Å². The van der Waals surface area contributed by atoms with Gasteiger partial charge in [-0.15, -0.1) is 10.2 Å². The minimum atomic E-state index is -4.64. The highest BCUT2D eigenvalue weighted by molar-refractivity contribution is 5.94. The van der Waals surface area contributed by atoms with Gasteiger partial charge in [-0.2, -0.15) is 18.3 Å². The first kappa shape index (κ1) is 20.6. The maximum atomic E-state index is 13.4. The first-order valence-electron chi connectivity index (χ1n) is 9.88. The molecular formula is C21H19F3N6O2. The standard InChI is InChI=1S/C21H19F3N6O2/c1-30-11-25-27-17(30)7-20(9-32-10-20)13-4-2-3-12(5-13)18-14-6-16(21(22,23)24)26-15(8-31)19(14)29-28-18/h2-6,11,31H,7-10H2,1H3,(H,28,29). The first-order valence-corrected chi connectivity index (χ1v) is 9.88. The van der Waals surface area contributed by atoms with Gasteiger partial charge in [-0.3, -0.25) is 5.10 Å². The van der Waals surface area contributed by atoms with Crippen LogP contribution in [-0.2, 0) is 36.4 Å². The Kier molecular flexibility index (Phi) is 4.75. The lowest BCUT2D eigenvalue weighted by molar-refractivity contribution is -0.141. The molecule has 32 heavy (non-hydrogen) atoms. The van der Waals surface area contributed by atoms with Crippen molar-refractivity contribution in [2.24, 2.45) is 7.05 Å². The summed E-state index contributed by atoms with van der Waals surface area (Å²) in [5.74, 6) is 0.817. The number of pyridine rings is 1. The van der Waals surface area contributed by atoms with E-state index in [0.717, 1.165) is 17.5 Å². The smallest absolute Gasteiger partial charge is 0.390 e. The molecule has 3 aromatic heterocycles. The van der Waals surface area contributed by atoms with E-state index < -0.39 is 18.5 Å². The molecule has 1 aromatic carbocycles. The topological polar surface area (TPSA) is 102 Å². The molecule has 166 valence electrons. The van der Waals surface area contributed by atoms with Crippen LogP contribution in [0.4, 0.5) is 13.2 Å². The average Bonchev–Trinajstić information content (AvgIpc) is 3.35. The summed E-state index contributed by atoms with van der Waals surface area (Å²) in [5.41, 5.74) is 0.793.